The maximum atomic E-state index is 4.65. The van der Waals surface area contributed by atoms with E-state index in [9.17, 15) is 0 Å². The van der Waals surface area contributed by atoms with Crippen LogP contribution in [-0.2, 0) is 4.74 Å². The summed E-state index contributed by atoms with van der Waals surface area (Å²) < 4.78 is 4.65. The van der Waals surface area contributed by atoms with Crippen LogP contribution in [0.4, 0.5) is 0 Å². The monoisotopic (exact) mass is 96.1 g/mol. The number of hydrogen-bond donors (Lipinski definition) is 0. The Morgan fingerprint density at radius 3 is 3.00 bits per heavy atom. The van der Waals surface area contributed by atoms with E-state index in [4.69, 9.17) is 0 Å². The molecule has 0 aliphatic heterocycles. The maximum absolute atomic E-state index is 4.65. The third-order valence-electron chi connectivity index (χ3n) is 0.375. The van der Waals surface area contributed by atoms with E-state index >= 15 is 0 Å². The molecule has 0 aliphatic rings. The first-order valence-electron chi connectivity index (χ1n) is 2.06. The zero-order valence-corrected chi connectivity index (χ0v) is 4.40. The molecule has 0 aromatic heterocycles. The lowest BCUT2D eigenvalue weighted by Gasteiger charge is -1.83. The summed E-state index contributed by atoms with van der Waals surface area (Å²) in [5, 5.41) is 0. The van der Waals surface area contributed by atoms with Gasteiger partial charge in [-0.15, -0.1) is 0 Å². The second kappa shape index (κ2) is 5.10. The van der Waals surface area contributed by atoms with Gasteiger partial charge in [-0.2, -0.15) is 0 Å². The standard InChI is InChI=1S/C6H8O/c1-3-5-7-6-4-2/h3H,1,5H2,2H3. The summed E-state index contributed by atoms with van der Waals surface area (Å²) in [4.78, 5) is 0. The fourth-order valence-electron chi connectivity index (χ4n) is 0.173. The molecule has 0 radical (unpaired) electrons. The second-order valence-electron chi connectivity index (χ2n) is 0.952. The number of rotatable bonds is 2. The molecule has 0 spiro atoms. The average Bonchev–Trinajstić information content (AvgIpc) is 1.69. The van der Waals surface area contributed by atoms with Crippen LogP contribution in [0.5, 0.6) is 0 Å². The topological polar surface area (TPSA) is 9.23 Å². The van der Waals surface area contributed by atoms with Crippen LogP contribution in [0, 0.1) is 12.0 Å². The van der Waals surface area contributed by atoms with Gasteiger partial charge in [0.05, 0.1) is 0 Å². The largest absolute Gasteiger partial charge is 0.442 e. The molecule has 1 nitrogen and oxygen atoms in total. The van der Waals surface area contributed by atoms with E-state index in [1.165, 1.54) is 0 Å². The van der Waals surface area contributed by atoms with Crippen molar-refractivity contribution in [2.75, 3.05) is 6.61 Å². The zero-order valence-electron chi connectivity index (χ0n) is 4.40. The SMILES string of the molecule is C=CCOC#CC. The summed E-state index contributed by atoms with van der Waals surface area (Å²) in [5.41, 5.74) is 0. The Bertz CT molecular complexity index is 94.5. The first-order valence-corrected chi connectivity index (χ1v) is 2.06. The molecule has 38 valence electrons. The van der Waals surface area contributed by atoms with Crippen LogP contribution < -0.4 is 0 Å². The van der Waals surface area contributed by atoms with Crippen molar-refractivity contribution in [2.45, 2.75) is 6.92 Å². The molecule has 1 heteroatoms. The van der Waals surface area contributed by atoms with Crippen molar-refractivity contribution in [3.63, 3.8) is 0 Å². The molecule has 0 bridgehead atoms. The van der Waals surface area contributed by atoms with Crippen LogP contribution in [0.1, 0.15) is 6.92 Å². The van der Waals surface area contributed by atoms with E-state index < -0.39 is 0 Å². The molecule has 0 fully saturated rings. The van der Waals surface area contributed by atoms with Gasteiger partial charge in [-0.05, 0) is 0 Å². The van der Waals surface area contributed by atoms with Crippen molar-refractivity contribution in [1.82, 2.24) is 0 Å². The minimum absolute atomic E-state index is 0.515. The van der Waals surface area contributed by atoms with Crippen LogP contribution >= 0.6 is 0 Å². The smallest absolute Gasteiger partial charge is 0.118 e. The molecule has 0 amide bonds. The fourth-order valence-corrected chi connectivity index (χ4v) is 0.173. The predicted molar refractivity (Wildman–Crippen MR) is 29.6 cm³/mol. The Kier molecular flexibility index (Phi) is 4.44. The van der Waals surface area contributed by atoms with Gasteiger partial charge in [-0.3, -0.25) is 0 Å². The highest BCUT2D eigenvalue weighted by molar-refractivity contribution is 4.86. The van der Waals surface area contributed by atoms with Crippen molar-refractivity contribution in [3.05, 3.63) is 12.7 Å². The van der Waals surface area contributed by atoms with Crippen molar-refractivity contribution < 1.29 is 4.74 Å². The number of ether oxygens (including phenoxy) is 1. The van der Waals surface area contributed by atoms with Crippen LogP contribution in [0.2, 0.25) is 0 Å². The van der Waals surface area contributed by atoms with Gasteiger partial charge in [0.15, 0.2) is 0 Å². The Morgan fingerprint density at radius 1 is 1.86 bits per heavy atom. The lowest BCUT2D eigenvalue weighted by atomic mass is 10.7. The van der Waals surface area contributed by atoms with Gasteiger partial charge < -0.3 is 4.74 Å². The lowest BCUT2D eigenvalue weighted by Crippen LogP contribution is -1.77. The lowest BCUT2D eigenvalue weighted by molar-refractivity contribution is 0.321. The summed E-state index contributed by atoms with van der Waals surface area (Å²) in [7, 11) is 0. The van der Waals surface area contributed by atoms with Gasteiger partial charge in [-0.1, -0.05) is 18.6 Å². The molecule has 0 unspecified atom stereocenters. The van der Waals surface area contributed by atoms with Crippen molar-refractivity contribution >= 4 is 0 Å². The van der Waals surface area contributed by atoms with E-state index in [1.54, 1.807) is 13.0 Å². The average molecular weight is 96.1 g/mol. The highest BCUT2D eigenvalue weighted by Gasteiger charge is 1.64. The van der Waals surface area contributed by atoms with Gasteiger partial charge >= 0.3 is 0 Å². The Hall–Kier alpha value is -0.900. The quantitative estimate of drug-likeness (QED) is 0.285. The van der Waals surface area contributed by atoms with Crippen molar-refractivity contribution in [1.29, 1.82) is 0 Å². The van der Waals surface area contributed by atoms with Crippen LogP contribution in [0.25, 0.3) is 0 Å². The summed E-state index contributed by atoms with van der Waals surface area (Å²) >= 11 is 0. The normalized spacial score (nSPS) is 5.86. The third-order valence-corrected chi connectivity index (χ3v) is 0.375. The molecule has 0 aliphatic carbocycles. The molecule has 0 saturated heterocycles. The minimum atomic E-state index is 0.515. The van der Waals surface area contributed by atoms with Crippen molar-refractivity contribution in [2.24, 2.45) is 0 Å². The molecular weight excluding hydrogens is 88.1 g/mol. The van der Waals surface area contributed by atoms with Crippen molar-refractivity contribution in [3.8, 4) is 12.0 Å². The van der Waals surface area contributed by atoms with Crippen LogP contribution in [0.3, 0.4) is 0 Å². The Balaban J connectivity index is 2.92. The van der Waals surface area contributed by atoms with Gasteiger partial charge in [0.1, 0.15) is 12.7 Å². The Morgan fingerprint density at radius 2 is 2.57 bits per heavy atom. The molecule has 0 aromatic carbocycles. The molecule has 0 N–H and O–H groups in total. The maximum Gasteiger partial charge on any atom is 0.118 e. The van der Waals surface area contributed by atoms with Gasteiger partial charge in [-0.25, -0.2) is 0 Å². The molecule has 0 aromatic rings. The highest BCUT2D eigenvalue weighted by atomic mass is 16.5. The van der Waals surface area contributed by atoms with E-state index in [0.29, 0.717) is 6.61 Å². The third kappa shape index (κ3) is 5.10. The fraction of sp³-hybridized carbons (Fsp3) is 0.333. The van der Waals surface area contributed by atoms with Gasteiger partial charge in [0.25, 0.3) is 0 Å². The Labute approximate surface area is 44.0 Å². The summed E-state index contributed by atoms with van der Waals surface area (Å²) in [6.07, 6.45) is 4.08. The second-order valence-corrected chi connectivity index (χ2v) is 0.952. The van der Waals surface area contributed by atoms with E-state index in [2.05, 4.69) is 23.3 Å². The molecular formula is C6H8O. The molecule has 0 rings (SSSR count). The first kappa shape index (κ1) is 6.10. The van der Waals surface area contributed by atoms with Gasteiger partial charge in [0, 0.05) is 6.92 Å². The van der Waals surface area contributed by atoms with E-state index in [0.717, 1.165) is 0 Å². The highest BCUT2D eigenvalue weighted by Crippen LogP contribution is 1.67. The van der Waals surface area contributed by atoms with Gasteiger partial charge in [0.2, 0.25) is 0 Å². The molecule has 7 heavy (non-hydrogen) atoms. The molecule has 0 heterocycles. The summed E-state index contributed by atoms with van der Waals surface area (Å²) in [5.74, 6) is 2.58. The van der Waals surface area contributed by atoms with E-state index in [1.807, 2.05) is 0 Å². The van der Waals surface area contributed by atoms with Crippen LogP contribution in [0.15, 0.2) is 12.7 Å². The summed E-state index contributed by atoms with van der Waals surface area (Å²) in [6, 6.07) is 0. The molecule has 0 saturated carbocycles. The summed E-state index contributed by atoms with van der Waals surface area (Å²) in [6.45, 7) is 5.68. The van der Waals surface area contributed by atoms with E-state index in [-0.39, 0.29) is 0 Å². The van der Waals surface area contributed by atoms with Crippen LogP contribution in [-0.4, -0.2) is 6.61 Å². The molecule has 0 atom stereocenters. The number of hydrogen-bond acceptors (Lipinski definition) is 1. The predicted octanol–water partition coefficient (Wildman–Crippen LogP) is 1.17. The minimum Gasteiger partial charge on any atom is -0.442 e. The first-order chi connectivity index (χ1) is 3.41. The zero-order chi connectivity index (χ0) is 5.54.